The lowest BCUT2D eigenvalue weighted by atomic mass is 9.81. The molecule has 0 saturated heterocycles. The van der Waals surface area contributed by atoms with Crippen molar-refractivity contribution in [2.45, 2.75) is 63.0 Å². The summed E-state index contributed by atoms with van der Waals surface area (Å²) >= 11 is 4.57. The Bertz CT molecular complexity index is 350. The normalized spacial score (nSPS) is 25.9. The van der Waals surface area contributed by atoms with Crippen LogP contribution in [0.5, 0.6) is 0 Å². The van der Waals surface area contributed by atoms with Gasteiger partial charge in [0.15, 0.2) is 0 Å². The first kappa shape index (κ1) is 13.0. The van der Waals surface area contributed by atoms with Crippen LogP contribution in [0.15, 0.2) is 24.3 Å². The number of hydrogen-bond acceptors (Lipinski definition) is 1. The lowest BCUT2D eigenvalue weighted by Gasteiger charge is -2.27. The Morgan fingerprint density at radius 3 is 1.94 bits per heavy atom. The SMILES string of the molecule is CC(C)(C)c1ccc([C@H]2CC[C@H](S)CC2)cc1. The maximum absolute atomic E-state index is 4.57. The Balaban J connectivity index is 2.08. The molecule has 0 N–H and O–H groups in total. The van der Waals surface area contributed by atoms with Gasteiger partial charge in [-0.2, -0.15) is 12.6 Å². The lowest BCUT2D eigenvalue weighted by Crippen LogP contribution is -2.14. The molecule has 17 heavy (non-hydrogen) atoms. The molecule has 0 spiro atoms. The van der Waals surface area contributed by atoms with Crippen molar-refractivity contribution in [3.63, 3.8) is 0 Å². The van der Waals surface area contributed by atoms with Crippen LogP contribution in [-0.4, -0.2) is 5.25 Å². The van der Waals surface area contributed by atoms with Gasteiger partial charge in [-0.3, -0.25) is 0 Å². The van der Waals surface area contributed by atoms with Gasteiger partial charge in [0.2, 0.25) is 0 Å². The van der Waals surface area contributed by atoms with Crippen molar-refractivity contribution in [2.24, 2.45) is 0 Å². The summed E-state index contributed by atoms with van der Waals surface area (Å²) in [4.78, 5) is 0. The highest BCUT2D eigenvalue weighted by Crippen LogP contribution is 2.35. The summed E-state index contributed by atoms with van der Waals surface area (Å²) < 4.78 is 0. The van der Waals surface area contributed by atoms with E-state index in [0.29, 0.717) is 5.25 Å². The van der Waals surface area contributed by atoms with Crippen molar-refractivity contribution in [3.8, 4) is 0 Å². The van der Waals surface area contributed by atoms with Gasteiger partial charge >= 0.3 is 0 Å². The largest absolute Gasteiger partial charge is 0.176 e. The van der Waals surface area contributed by atoms with Crippen LogP contribution >= 0.6 is 12.6 Å². The molecule has 0 aromatic heterocycles. The minimum absolute atomic E-state index is 0.265. The van der Waals surface area contributed by atoms with Crippen LogP contribution in [0.1, 0.15) is 63.5 Å². The van der Waals surface area contributed by atoms with E-state index in [1.165, 1.54) is 36.8 Å². The first-order valence-corrected chi connectivity index (χ1v) is 7.27. The molecule has 2 rings (SSSR count). The van der Waals surface area contributed by atoms with E-state index in [1.54, 1.807) is 0 Å². The van der Waals surface area contributed by atoms with Crippen LogP contribution in [-0.2, 0) is 5.41 Å². The fourth-order valence-electron chi connectivity index (χ4n) is 2.66. The van der Waals surface area contributed by atoms with E-state index >= 15 is 0 Å². The second-order valence-corrected chi connectivity index (χ2v) is 7.11. The third-order valence-electron chi connectivity index (χ3n) is 3.94. The maximum atomic E-state index is 4.57. The Morgan fingerprint density at radius 2 is 1.47 bits per heavy atom. The van der Waals surface area contributed by atoms with E-state index in [2.05, 4.69) is 57.7 Å². The standard InChI is InChI=1S/C16H24S/c1-16(2,3)14-8-4-12(5-9-14)13-6-10-15(17)11-7-13/h4-5,8-9,13,15,17H,6-7,10-11H2,1-3H3/t13-,15-. The molecule has 0 unspecified atom stereocenters. The molecule has 0 heterocycles. The predicted octanol–water partition coefficient (Wildman–Crippen LogP) is 4.94. The highest BCUT2D eigenvalue weighted by molar-refractivity contribution is 7.80. The van der Waals surface area contributed by atoms with Crippen LogP contribution < -0.4 is 0 Å². The topological polar surface area (TPSA) is 0 Å². The van der Waals surface area contributed by atoms with Crippen molar-refractivity contribution >= 4 is 12.6 Å². The number of hydrogen-bond donors (Lipinski definition) is 1. The summed E-state index contributed by atoms with van der Waals surface area (Å²) in [7, 11) is 0. The molecular weight excluding hydrogens is 224 g/mol. The number of rotatable bonds is 1. The fourth-order valence-corrected chi connectivity index (χ4v) is 2.96. The molecule has 1 aromatic rings. The molecule has 0 radical (unpaired) electrons. The maximum Gasteiger partial charge on any atom is 0.00172 e. The van der Waals surface area contributed by atoms with Gasteiger partial charge in [-0.05, 0) is 48.1 Å². The zero-order chi connectivity index (χ0) is 12.5. The van der Waals surface area contributed by atoms with Crippen LogP contribution in [0.25, 0.3) is 0 Å². The van der Waals surface area contributed by atoms with Gasteiger partial charge < -0.3 is 0 Å². The minimum Gasteiger partial charge on any atom is -0.176 e. The average Bonchev–Trinajstić information content (AvgIpc) is 2.29. The molecule has 1 saturated carbocycles. The molecular formula is C16H24S. The van der Waals surface area contributed by atoms with Gasteiger partial charge in [-0.25, -0.2) is 0 Å². The minimum atomic E-state index is 0.265. The summed E-state index contributed by atoms with van der Waals surface area (Å²) in [5.74, 6) is 0.771. The molecule has 1 heteroatoms. The highest BCUT2D eigenvalue weighted by Gasteiger charge is 2.20. The van der Waals surface area contributed by atoms with E-state index < -0.39 is 0 Å². The van der Waals surface area contributed by atoms with Crippen LogP contribution in [0.2, 0.25) is 0 Å². The fraction of sp³-hybridized carbons (Fsp3) is 0.625. The Labute approximate surface area is 111 Å². The molecule has 1 aromatic carbocycles. The monoisotopic (exact) mass is 248 g/mol. The molecule has 1 fully saturated rings. The van der Waals surface area contributed by atoms with Gasteiger partial charge in [0.05, 0.1) is 0 Å². The number of thiol groups is 1. The van der Waals surface area contributed by atoms with Gasteiger partial charge in [-0.15, -0.1) is 0 Å². The van der Waals surface area contributed by atoms with Gasteiger partial charge in [0.1, 0.15) is 0 Å². The summed E-state index contributed by atoms with van der Waals surface area (Å²) in [5, 5.41) is 0.639. The van der Waals surface area contributed by atoms with E-state index in [1.807, 2.05) is 0 Å². The van der Waals surface area contributed by atoms with Gasteiger partial charge in [-0.1, -0.05) is 45.0 Å². The van der Waals surface area contributed by atoms with Crippen LogP contribution in [0.4, 0.5) is 0 Å². The van der Waals surface area contributed by atoms with Crippen molar-refractivity contribution in [3.05, 3.63) is 35.4 Å². The molecule has 1 aliphatic rings. The Hall–Kier alpha value is -0.430. The quantitative estimate of drug-likeness (QED) is 0.669. The first-order chi connectivity index (χ1) is 7.97. The molecule has 1 aliphatic carbocycles. The van der Waals surface area contributed by atoms with Gasteiger partial charge in [0.25, 0.3) is 0 Å². The third kappa shape index (κ3) is 3.28. The summed E-state index contributed by atoms with van der Waals surface area (Å²) in [5.41, 5.74) is 3.23. The Morgan fingerprint density at radius 1 is 0.941 bits per heavy atom. The van der Waals surface area contributed by atoms with Crippen LogP contribution in [0.3, 0.4) is 0 Å². The van der Waals surface area contributed by atoms with Crippen molar-refractivity contribution in [1.29, 1.82) is 0 Å². The second-order valence-electron chi connectivity index (χ2n) is 6.38. The van der Waals surface area contributed by atoms with Crippen LogP contribution in [0, 0.1) is 0 Å². The van der Waals surface area contributed by atoms with Crippen molar-refractivity contribution in [1.82, 2.24) is 0 Å². The summed E-state index contributed by atoms with van der Waals surface area (Å²) in [6, 6.07) is 9.29. The molecule has 0 nitrogen and oxygen atoms in total. The first-order valence-electron chi connectivity index (χ1n) is 6.75. The second kappa shape index (κ2) is 5.06. The summed E-state index contributed by atoms with van der Waals surface area (Å²) in [6.07, 6.45) is 5.16. The zero-order valence-corrected chi connectivity index (χ0v) is 12.1. The average molecular weight is 248 g/mol. The van der Waals surface area contributed by atoms with Crippen molar-refractivity contribution < 1.29 is 0 Å². The van der Waals surface area contributed by atoms with E-state index in [-0.39, 0.29) is 5.41 Å². The Kier molecular flexibility index (Phi) is 3.87. The van der Waals surface area contributed by atoms with Crippen molar-refractivity contribution in [2.75, 3.05) is 0 Å². The molecule has 0 bridgehead atoms. The van der Waals surface area contributed by atoms with E-state index in [9.17, 15) is 0 Å². The third-order valence-corrected chi connectivity index (χ3v) is 4.46. The lowest BCUT2D eigenvalue weighted by molar-refractivity contribution is 0.454. The molecule has 0 aliphatic heterocycles. The molecule has 0 amide bonds. The number of benzene rings is 1. The highest BCUT2D eigenvalue weighted by atomic mass is 32.1. The predicted molar refractivity (Wildman–Crippen MR) is 79.1 cm³/mol. The molecule has 94 valence electrons. The molecule has 0 atom stereocenters. The smallest absolute Gasteiger partial charge is 0.00172 e. The van der Waals surface area contributed by atoms with E-state index in [0.717, 1.165) is 5.92 Å². The van der Waals surface area contributed by atoms with E-state index in [4.69, 9.17) is 0 Å². The zero-order valence-electron chi connectivity index (χ0n) is 11.2. The summed E-state index contributed by atoms with van der Waals surface area (Å²) in [6.45, 7) is 6.82. The van der Waals surface area contributed by atoms with Gasteiger partial charge in [0, 0.05) is 5.25 Å².